The molecule has 0 atom stereocenters. The van der Waals surface area contributed by atoms with Crippen LogP contribution in [0.25, 0.3) is 11.6 Å². The lowest BCUT2D eigenvalue weighted by Gasteiger charge is -2.30. The van der Waals surface area contributed by atoms with Crippen molar-refractivity contribution in [2.24, 2.45) is 0 Å². The zero-order chi connectivity index (χ0) is 13.2. The predicted octanol–water partition coefficient (Wildman–Crippen LogP) is 0.956. The molecule has 0 bridgehead atoms. The van der Waals surface area contributed by atoms with E-state index in [0.717, 1.165) is 37.6 Å². The van der Waals surface area contributed by atoms with Gasteiger partial charge in [0.05, 0.1) is 5.69 Å². The number of aromatic amines is 1. The van der Waals surface area contributed by atoms with Crippen LogP contribution in [0.4, 0.5) is 5.95 Å². The van der Waals surface area contributed by atoms with E-state index in [-0.39, 0.29) is 0 Å². The van der Waals surface area contributed by atoms with Gasteiger partial charge in [-0.05, 0) is 26.8 Å². The van der Waals surface area contributed by atoms with Gasteiger partial charge in [0, 0.05) is 25.2 Å². The molecule has 7 heteroatoms. The quantitative estimate of drug-likeness (QED) is 0.857. The first kappa shape index (κ1) is 12.2. The summed E-state index contributed by atoms with van der Waals surface area (Å²) in [6.45, 7) is 3.82. The van der Waals surface area contributed by atoms with E-state index in [4.69, 9.17) is 4.52 Å². The van der Waals surface area contributed by atoms with Crippen molar-refractivity contribution >= 4 is 5.95 Å². The highest BCUT2D eigenvalue weighted by molar-refractivity contribution is 5.49. The number of nitrogens with one attached hydrogen (secondary N) is 2. The lowest BCUT2D eigenvalue weighted by Crippen LogP contribution is -2.41. The Morgan fingerprint density at radius 1 is 1.42 bits per heavy atom. The smallest absolute Gasteiger partial charge is 0.245 e. The summed E-state index contributed by atoms with van der Waals surface area (Å²) in [5.41, 5.74) is 0.836. The van der Waals surface area contributed by atoms with Crippen LogP contribution in [0, 0.1) is 6.92 Å². The van der Waals surface area contributed by atoms with E-state index < -0.39 is 0 Å². The van der Waals surface area contributed by atoms with E-state index in [1.54, 1.807) is 0 Å². The van der Waals surface area contributed by atoms with Gasteiger partial charge in [-0.3, -0.25) is 5.10 Å². The number of aromatic nitrogens is 4. The van der Waals surface area contributed by atoms with Crippen LogP contribution in [0.3, 0.4) is 0 Å². The van der Waals surface area contributed by atoms with Crippen molar-refractivity contribution in [3.8, 4) is 11.6 Å². The van der Waals surface area contributed by atoms with Crippen molar-refractivity contribution in [2.45, 2.75) is 25.8 Å². The van der Waals surface area contributed by atoms with Gasteiger partial charge in [0.15, 0.2) is 5.82 Å². The maximum absolute atomic E-state index is 5.17. The number of hydrogen-bond donors (Lipinski definition) is 2. The standard InChI is InChI=1S/C12H18N6O/c1-8-7-10(19-17-8)11-14-12(16-15-11)18-5-3-9(13-2)4-6-18/h7,9,13H,3-6H2,1-2H3,(H,14,15,16). The first-order valence-electron chi connectivity index (χ1n) is 6.54. The molecule has 1 saturated heterocycles. The molecule has 0 aliphatic carbocycles. The fraction of sp³-hybridized carbons (Fsp3) is 0.583. The predicted molar refractivity (Wildman–Crippen MR) is 70.9 cm³/mol. The average Bonchev–Trinajstić information content (AvgIpc) is 3.07. The number of aryl methyl sites for hydroxylation is 1. The van der Waals surface area contributed by atoms with Crippen molar-refractivity contribution in [3.63, 3.8) is 0 Å². The molecule has 0 spiro atoms. The highest BCUT2D eigenvalue weighted by atomic mass is 16.5. The fourth-order valence-electron chi connectivity index (χ4n) is 2.35. The maximum Gasteiger partial charge on any atom is 0.245 e. The number of piperidine rings is 1. The van der Waals surface area contributed by atoms with Crippen molar-refractivity contribution in [2.75, 3.05) is 25.0 Å². The van der Waals surface area contributed by atoms with E-state index in [9.17, 15) is 0 Å². The molecule has 3 heterocycles. The normalized spacial score (nSPS) is 17.1. The van der Waals surface area contributed by atoms with E-state index in [1.807, 2.05) is 20.0 Å². The zero-order valence-corrected chi connectivity index (χ0v) is 11.2. The Hall–Kier alpha value is -1.89. The summed E-state index contributed by atoms with van der Waals surface area (Å²) >= 11 is 0. The topological polar surface area (TPSA) is 82.9 Å². The lowest BCUT2D eigenvalue weighted by molar-refractivity contribution is 0.424. The SMILES string of the molecule is CNC1CCN(c2n[nH]c(-c3cc(C)no3)n2)CC1. The van der Waals surface area contributed by atoms with Gasteiger partial charge < -0.3 is 14.7 Å². The van der Waals surface area contributed by atoms with Crippen LogP contribution in [-0.2, 0) is 0 Å². The van der Waals surface area contributed by atoms with Crippen molar-refractivity contribution in [1.29, 1.82) is 0 Å². The Bertz CT molecular complexity index is 540. The second kappa shape index (κ2) is 5.00. The summed E-state index contributed by atoms with van der Waals surface area (Å²) in [5, 5.41) is 14.3. The number of hydrogen-bond acceptors (Lipinski definition) is 6. The molecular weight excluding hydrogens is 244 g/mol. The van der Waals surface area contributed by atoms with Gasteiger partial charge in [-0.25, -0.2) is 0 Å². The lowest BCUT2D eigenvalue weighted by atomic mass is 10.1. The van der Waals surface area contributed by atoms with E-state index in [1.165, 1.54) is 0 Å². The average molecular weight is 262 g/mol. The second-order valence-electron chi connectivity index (χ2n) is 4.87. The highest BCUT2D eigenvalue weighted by Gasteiger charge is 2.21. The van der Waals surface area contributed by atoms with Gasteiger partial charge in [0.25, 0.3) is 0 Å². The molecule has 2 aromatic heterocycles. The summed E-state index contributed by atoms with van der Waals surface area (Å²) in [7, 11) is 2.01. The molecule has 0 unspecified atom stereocenters. The Balaban J connectivity index is 1.72. The van der Waals surface area contributed by atoms with Crippen molar-refractivity contribution < 1.29 is 4.52 Å². The molecule has 0 amide bonds. The molecule has 19 heavy (non-hydrogen) atoms. The minimum atomic E-state index is 0.603. The van der Waals surface area contributed by atoms with Crippen LogP contribution in [-0.4, -0.2) is 46.5 Å². The summed E-state index contributed by atoms with van der Waals surface area (Å²) in [6.07, 6.45) is 2.23. The summed E-state index contributed by atoms with van der Waals surface area (Å²) in [5.74, 6) is 1.99. The van der Waals surface area contributed by atoms with Gasteiger partial charge in [0.2, 0.25) is 11.7 Å². The van der Waals surface area contributed by atoms with Crippen LogP contribution in [0.2, 0.25) is 0 Å². The molecule has 7 nitrogen and oxygen atoms in total. The van der Waals surface area contributed by atoms with Crippen LogP contribution >= 0.6 is 0 Å². The number of nitrogens with zero attached hydrogens (tertiary/aromatic N) is 4. The molecule has 0 radical (unpaired) electrons. The van der Waals surface area contributed by atoms with Gasteiger partial charge in [-0.1, -0.05) is 5.16 Å². The van der Waals surface area contributed by atoms with Gasteiger partial charge in [0.1, 0.15) is 0 Å². The fourth-order valence-corrected chi connectivity index (χ4v) is 2.35. The minimum absolute atomic E-state index is 0.603. The molecule has 0 aromatic carbocycles. The summed E-state index contributed by atoms with van der Waals surface area (Å²) < 4.78 is 5.17. The van der Waals surface area contributed by atoms with Crippen LogP contribution in [0.5, 0.6) is 0 Å². The molecule has 2 aromatic rings. The molecule has 1 aliphatic rings. The molecule has 3 rings (SSSR count). The Morgan fingerprint density at radius 2 is 2.21 bits per heavy atom. The Kier molecular flexibility index (Phi) is 3.20. The van der Waals surface area contributed by atoms with E-state index in [2.05, 4.69) is 30.6 Å². The summed E-state index contributed by atoms with van der Waals surface area (Å²) in [4.78, 5) is 6.67. The van der Waals surface area contributed by atoms with Crippen LogP contribution < -0.4 is 10.2 Å². The zero-order valence-electron chi connectivity index (χ0n) is 11.2. The van der Waals surface area contributed by atoms with Crippen molar-refractivity contribution in [1.82, 2.24) is 25.7 Å². The third-order valence-electron chi connectivity index (χ3n) is 3.52. The number of H-pyrrole nitrogens is 1. The molecule has 102 valence electrons. The van der Waals surface area contributed by atoms with E-state index >= 15 is 0 Å². The molecule has 1 aliphatic heterocycles. The monoisotopic (exact) mass is 262 g/mol. The first-order chi connectivity index (χ1) is 9.26. The molecular formula is C12H18N6O. The maximum atomic E-state index is 5.17. The molecule has 1 fully saturated rings. The van der Waals surface area contributed by atoms with Gasteiger partial charge in [-0.2, -0.15) is 4.98 Å². The van der Waals surface area contributed by atoms with Crippen LogP contribution in [0.15, 0.2) is 10.6 Å². The van der Waals surface area contributed by atoms with Crippen molar-refractivity contribution in [3.05, 3.63) is 11.8 Å². The number of rotatable bonds is 3. The first-order valence-corrected chi connectivity index (χ1v) is 6.54. The van der Waals surface area contributed by atoms with Gasteiger partial charge in [-0.15, -0.1) is 5.10 Å². The third-order valence-corrected chi connectivity index (χ3v) is 3.52. The minimum Gasteiger partial charge on any atom is -0.353 e. The van der Waals surface area contributed by atoms with Crippen LogP contribution in [0.1, 0.15) is 18.5 Å². The molecule has 0 saturated carbocycles. The highest BCUT2D eigenvalue weighted by Crippen LogP contribution is 2.20. The van der Waals surface area contributed by atoms with Gasteiger partial charge >= 0.3 is 0 Å². The largest absolute Gasteiger partial charge is 0.353 e. The molecule has 2 N–H and O–H groups in total. The van der Waals surface area contributed by atoms with E-state index in [0.29, 0.717) is 17.6 Å². The third kappa shape index (κ3) is 2.46. The Labute approximate surface area is 111 Å². The second-order valence-corrected chi connectivity index (χ2v) is 4.87. The number of anilines is 1. The summed E-state index contributed by atoms with van der Waals surface area (Å²) in [6, 6.07) is 2.45. The Morgan fingerprint density at radius 3 is 2.84 bits per heavy atom.